The number of hydrogen-bond donors (Lipinski definition) is 2. The van der Waals surface area contributed by atoms with Gasteiger partial charge in [-0.3, -0.25) is 0 Å². The number of nitrogens with zero attached hydrogens (tertiary/aromatic N) is 1. The lowest BCUT2D eigenvalue weighted by Crippen LogP contribution is -2.32. The lowest BCUT2D eigenvalue weighted by molar-refractivity contribution is -0.134. The molecular formula is C10H12N2O2. The van der Waals surface area contributed by atoms with Crippen molar-refractivity contribution in [1.82, 2.24) is 4.90 Å². The van der Waals surface area contributed by atoms with Crippen molar-refractivity contribution in [1.29, 1.82) is 0 Å². The summed E-state index contributed by atoms with van der Waals surface area (Å²) in [7, 11) is 1.78. The predicted octanol–water partition coefficient (Wildman–Crippen LogP) is 0.298. The highest BCUT2D eigenvalue weighted by molar-refractivity contribution is 5.86. The third kappa shape index (κ3) is 1.19. The van der Waals surface area contributed by atoms with E-state index in [0.717, 1.165) is 0 Å². The highest BCUT2D eigenvalue weighted by Crippen LogP contribution is 2.30. The van der Waals surface area contributed by atoms with Gasteiger partial charge in [-0.25, -0.2) is 4.79 Å². The highest BCUT2D eigenvalue weighted by atomic mass is 16.4. The van der Waals surface area contributed by atoms with Gasteiger partial charge in [0.2, 0.25) is 0 Å². The van der Waals surface area contributed by atoms with Crippen molar-refractivity contribution >= 4 is 5.97 Å². The van der Waals surface area contributed by atoms with Crippen molar-refractivity contribution in [2.75, 3.05) is 7.05 Å². The third-order valence-corrected chi connectivity index (χ3v) is 2.66. The normalized spacial score (nSPS) is 29.6. The molecule has 2 rings (SSSR count). The van der Waals surface area contributed by atoms with Crippen molar-refractivity contribution < 1.29 is 9.90 Å². The van der Waals surface area contributed by atoms with Crippen LogP contribution in [0.1, 0.15) is 0 Å². The molecule has 0 spiro atoms. The van der Waals surface area contributed by atoms with Gasteiger partial charge in [-0.05, 0) is 12.2 Å². The second-order valence-corrected chi connectivity index (χ2v) is 3.56. The van der Waals surface area contributed by atoms with Crippen molar-refractivity contribution in [2.24, 2.45) is 11.7 Å². The van der Waals surface area contributed by atoms with Crippen LogP contribution in [0.15, 0.2) is 35.7 Å². The van der Waals surface area contributed by atoms with E-state index < -0.39 is 5.97 Å². The van der Waals surface area contributed by atoms with Crippen LogP contribution in [0.2, 0.25) is 0 Å². The lowest BCUT2D eigenvalue weighted by Gasteiger charge is -2.25. The van der Waals surface area contributed by atoms with Gasteiger partial charge >= 0.3 is 5.97 Å². The third-order valence-electron chi connectivity index (χ3n) is 2.66. The maximum Gasteiger partial charge on any atom is 0.351 e. The van der Waals surface area contributed by atoms with Gasteiger partial charge in [0.25, 0.3) is 0 Å². The Kier molecular flexibility index (Phi) is 1.84. The Hall–Kier alpha value is -1.71. The SMILES string of the molecule is CN1C(C(=O)O)=CC2C=C(N)C=CC21. The molecule has 74 valence electrons. The minimum atomic E-state index is -0.887. The zero-order valence-electron chi connectivity index (χ0n) is 7.84. The number of fused-ring (bicyclic) bond motifs is 1. The topological polar surface area (TPSA) is 66.6 Å². The zero-order valence-corrected chi connectivity index (χ0v) is 7.84. The van der Waals surface area contributed by atoms with Gasteiger partial charge in [-0.1, -0.05) is 12.2 Å². The second kappa shape index (κ2) is 2.90. The van der Waals surface area contributed by atoms with Crippen LogP contribution in [0.25, 0.3) is 0 Å². The van der Waals surface area contributed by atoms with E-state index in [4.69, 9.17) is 10.8 Å². The Morgan fingerprint density at radius 3 is 2.93 bits per heavy atom. The van der Waals surface area contributed by atoms with Gasteiger partial charge in [0.05, 0.1) is 6.04 Å². The van der Waals surface area contributed by atoms with Crippen LogP contribution < -0.4 is 5.73 Å². The molecule has 0 aromatic heterocycles. The van der Waals surface area contributed by atoms with Crippen LogP contribution >= 0.6 is 0 Å². The van der Waals surface area contributed by atoms with Gasteiger partial charge in [0, 0.05) is 18.7 Å². The van der Waals surface area contributed by atoms with Crippen LogP contribution in [0.4, 0.5) is 0 Å². The Bertz CT molecular complexity index is 368. The Balaban J connectivity index is 2.32. The first-order valence-corrected chi connectivity index (χ1v) is 4.43. The minimum Gasteiger partial charge on any atom is -0.477 e. The molecule has 14 heavy (non-hydrogen) atoms. The number of likely N-dealkylation sites (N-methyl/N-ethyl adjacent to an activating group) is 1. The Morgan fingerprint density at radius 2 is 2.29 bits per heavy atom. The van der Waals surface area contributed by atoms with Crippen molar-refractivity contribution in [2.45, 2.75) is 6.04 Å². The van der Waals surface area contributed by atoms with E-state index in [2.05, 4.69) is 0 Å². The van der Waals surface area contributed by atoms with E-state index in [1.165, 1.54) is 0 Å². The summed E-state index contributed by atoms with van der Waals surface area (Å²) < 4.78 is 0. The fourth-order valence-corrected chi connectivity index (χ4v) is 1.93. The predicted molar refractivity (Wildman–Crippen MR) is 52.2 cm³/mol. The molecule has 0 fully saturated rings. The minimum absolute atomic E-state index is 0.0936. The number of nitrogens with two attached hydrogens (primary N) is 1. The molecule has 2 unspecified atom stereocenters. The van der Waals surface area contributed by atoms with E-state index >= 15 is 0 Å². The maximum atomic E-state index is 10.9. The highest BCUT2D eigenvalue weighted by Gasteiger charge is 2.33. The monoisotopic (exact) mass is 192 g/mol. The summed E-state index contributed by atoms with van der Waals surface area (Å²) in [5, 5.41) is 8.91. The van der Waals surface area contributed by atoms with Crippen LogP contribution in [0, 0.1) is 5.92 Å². The molecule has 0 saturated heterocycles. The van der Waals surface area contributed by atoms with Crippen LogP contribution in [-0.4, -0.2) is 29.1 Å². The van der Waals surface area contributed by atoms with Gasteiger partial charge < -0.3 is 15.7 Å². The largest absolute Gasteiger partial charge is 0.477 e. The number of hydrogen-bond acceptors (Lipinski definition) is 3. The number of carboxylic acids is 1. The van der Waals surface area contributed by atoms with Crippen LogP contribution in [0.3, 0.4) is 0 Å². The molecule has 4 nitrogen and oxygen atoms in total. The van der Waals surface area contributed by atoms with Gasteiger partial charge in [0.15, 0.2) is 0 Å². The van der Waals surface area contributed by atoms with Crippen LogP contribution in [-0.2, 0) is 4.79 Å². The molecule has 1 aliphatic carbocycles. The summed E-state index contributed by atoms with van der Waals surface area (Å²) in [6.45, 7) is 0. The summed E-state index contributed by atoms with van der Waals surface area (Å²) >= 11 is 0. The molecule has 0 amide bonds. The fraction of sp³-hybridized carbons (Fsp3) is 0.300. The van der Waals surface area contributed by atoms with Gasteiger partial charge in [-0.15, -0.1) is 0 Å². The molecular weight excluding hydrogens is 180 g/mol. The second-order valence-electron chi connectivity index (χ2n) is 3.56. The Morgan fingerprint density at radius 1 is 1.57 bits per heavy atom. The van der Waals surface area contributed by atoms with E-state index in [0.29, 0.717) is 11.4 Å². The standard InChI is InChI=1S/C10H12N2O2/c1-12-8-3-2-7(11)4-6(8)5-9(12)10(13)14/h2-6,8H,11H2,1H3,(H,13,14). The molecule has 1 aliphatic heterocycles. The maximum absolute atomic E-state index is 10.9. The van der Waals surface area contributed by atoms with E-state index in [-0.39, 0.29) is 12.0 Å². The molecule has 0 aromatic carbocycles. The average Bonchev–Trinajstić information content (AvgIpc) is 2.43. The lowest BCUT2D eigenvalue weighted by atomic mass is 9.96. The smallest absolute Gasteiger partial charge is 0.351 e. The van der Waals surface area contributed by atoms with Crippen molar-refractivity contribution in [3.63, 3.8) is 0 Å². The number of carboxylic acid groups (broad SMARTS) is 1. The molecule has 0 aromatic rings. The molecule has 4 heteroatoms. The van der Waals surface area contributed by atoms with E-state index in [1.807, 2.05) is 18.2 Å². The number of rotatable bonds is 1. The summed E-state index contributed by atoms with van der Waals surface area (Å²) in [6, 6.07) is 0.105. The molecule has 0 radical (unpaired) electrons. The quantitative estimate of drug-likeness (QED) is 0.627. The first-order valence-electron chi connectivity index (χ1n) is 4.43. The van der Waals surface area contributed by atoms with Crippen LogP contribution in [0.5, 0.6) is 0 Å². The number of allylic oxidation sites excluding steroid dienone is 1. The van der Waals surface area contributed by atoms with Crippen molar-refractivity contribution in [3.8, 4) is 0 Å². The number of aliphatic carboxylic acids is 1. The van der Waals surface area contributed by atoms with Gasteiger partial charge in [0.1, 0.15) is 5.70 Å². The summed E-state index contributed by atoms with van der Waals surface area (Å²) in [5.74, 6) is -0.793. The van der Waals surface area contributed by atoms with Gasteiger partial charge in [-0.2, -0.15) is 0 Å². The number of carbonyl (C=O) groups is 1. The molecule has 2 aliphatic rings. The molecule has 3 N–H and O–H groups in total. The summed E-state index contributed by atoms with van der Waals surface area (Å²) in [5.41, 5.74) is 6.68. The Labute approximate surface area is 82.0 Å². The first kappa shape index (κ1) is 8.87. The summed E-state index contributed by atoms with van der Waals surface area (Å²) in [6.07, 6.45) is 7.38. The van der Waals surface area contributed by atoms with E-state index in [9.17, 15) is 4.79 Å². The molecule has 2 atom stereocenters. The van der Waals surface area contributed by atoms with E-state index in [1.54, 1.807) is 18.0 Å². The summed E-state index contributed by atoms with van der Waals surface area (Å²) in [4.78, 5) is 12.6. The fourth-order valence-electron chi connectivity index (χ4n) is 1.93. The average molecular weight is 192 g/mol. The molecule has 1 heterocycles. The molecule has 0 bridgehead atoms. The van der Waals surface area contributed by atoms with Crippen molar-refractivity contribution in [3.05, 3.63) is 35.7 Å². The molecule has 0 saturated carbocycles. The zero-order chi connectivity index (χ0) is 10.3. The first-order chi connectivity index (χ1) is 6.59.